The molecular formula is C13H18FNO2. The molecule has 0 fully saturated rings. The number of ether oxygens (including phenoxy) is 1. The molecule has 0 aliphatic carbocycles. The predicted octanol–water partition coefficient (Wildman–Crippen LogP) is 2.21. The van der Waals surface area contributed by atoms with Gasteiger partial charge in [-0.15, -0.1) is 0 Å². The Morgan fingerprint density at radius 1 is 1.41 bits per heavy atom. The van der Waals surface area contributed by atoms with E-state index in [0.29, 0.717) is 0 Å². The Kier molecular flexibility index (Phi) is 4.23. The minimum absolute atomic E-state index is 0.0237. The Hall–Kier alpha value is -1.42. The summed E-state index contributed by atoms with van der Waals surface area (Å²) < 4.78 is 18.8. The van der Waals surface area contributed by atoms with Crippen LogP contribution in [0.3, 0.4) is 0 Å². The van der Waals surface area contributed by atoms with E-state index in [1.54, 1.807) is 39.0 Å². The smallest absolute Gasteiger partial charge is 0.315 e. The molecule has 4 heteroatoms. The normalized spacial score (nSPS) is 13.2. The van der Waals surface area contributed by atoms with E-state index in [9.17, 15) is 9.18 Å². The molecule has 0 spiro atoms. The second-order valence-corrected chi connectivity index (χ2v) is 4.84. The first-order chi connectivity index (χ1) is 7.85. The molecule has 2 N–H and O–H groups in total. The van der Waals surface area contributed by atoms with Gasteiger partial charge in [0, 0.05) is 12.1 Å². The molecule has 3 nitrogen and oxygen atoms in total. The van der Waals surface area contributed by atoms with Gasteiger partial charge in [-0.3, -0.25) is 4.79 Å². The summed E-state index contributed by atoms with van der Waals surface area (Å²) >= 11 is 0. The largest absolute Gasteiger partial charge is 0.459 e. The van der Waals surface area contributed by atoms with Gasteiger partial charge in [-0.1, -0.05) is 18.2 Å². The van der Waals surface area contributed by atoms with Gasteiger partial charge in [-0.25, -0.2) is 4.39 Å². The van der Waals surface area contributed by atoms with Gasteiger partial charge in [0.25, 0.3) is 0 Å². The summed E-state index contributed by atoms with van der Waals surface area (Å²) in [6.45, 7) is 5.31. The number of halogens is 1. The molecule has 94 valence electrons. The Labute approximate surface area is 101 Å². The molecule has 0 saturated heterocycles. The number of hydrogen-bond acceptors (Lipinski definition) is 3. The number of hydrogen-bond donors (Lipinski definition) is 1. The van der Waals surface area contributed by atoms with Crippen molar-refractivity contribution in [2.24, 2.45) is 5.73 Å². The van der Waals surface area contributed by atoms with Crippen molar-refractivity contribution in [2.45, 2.75) is 32.3 Å². The van der Waals surface area contributed by atoms with Crippen molar-refractivity contribution in [3.63, 3.8) is 0 Å². The maximum absolute atomic E-state index is 13.6. The first-order valence-electron chi connectivity index (χ1n) is 5.52. The van der Waals surface area contributed by atoms with Crippen LogP contribution in [0.1, 0.15) is 32.3 Å². The van der Waals surface area contributed by atoms with Crippen molar-refractivity contribution >= 4 is 5.97 Å². The second-order valence-electron chi connectivity index (χ2n) is 4.84. The zero-order valence-corrected chi connectivity index (χ0v) is 10.4. The van der Waals surface area contributed by atoms with Crippen LogP contribution in [0.15, 0.2) is 24.3 Å². The summed E-state index contributed by atoms with van der Waals surface area (Å²) in [5.74, 6) is -1.69. The lowest BCUT2D eigenvalue weighted by Gasteiger charge is -2.23. The highest BCUT2D eigenvalue weighted by Gasteiger charge is 2.27. The maximum atomic E-state index is 13.6. The molecule has 0 aliphatic heterocycles. The van der Waals surface area contributed by atoms with Gasteiger partial charge in [0.05, 0.1) is 5.92 Å². The molecule has 1 aromatic rings. The summed E-state index contributed by atoms with van der Waals surface area (Å²) in [6.07, 6.45) is 0. The number of carbonyl (C=O) groups is 1. The number of esters is 1. The summed E-state index contributed by atoms with van der Waals surface area (Å²) in [5.41, 5.74) is 5.21. The third-order valence-corrected chi connectivity index (χ3v) is 2.21. The van der Waals surface area contributed by atoms with E-state index in [2.05, 4.69) is 0 Å². The summed E-state index contributed by atoms with van der Waals surface area (Å²) in [6, 6.07) is 6.10. The number of carbonyl (C=O) groups excluding carboxylic acids is 1. The minimum atomic E-state index is -0.754. The van der Waals surface area contributed by atoms with Crippen LogP contribution in [0.2, 0.25) is 0 Å². The van der Waals surface area contributed by atoms with E-state index < -0.39 is 23.3 Å². The van der Waals surface area contributed by atoms with E-state index in [-0.39, 0.29) is 12.1 Å². The van der Waals surface area contributed by atoms with Crippen molar-refractivity contribution in [1.82, 2.24) is 0 Å². The van der Waals surface area contributed by atoms with E-state index in [4.69, 9.17) is 10.5 Å². The van der Waals surface area contributed by atoms with Gasteiger partial charge >= 0.3 is 5.97 Å². The van der Waals surface area contributed by atoms with Crippen molar-refractivity contribution in [3.05, 3.63) is 35.6 Å². The second kappa shape index (κ2) is 5.27. The molecule has 0 bridgehead atoms. The van der Waals surface area contributed by atoms with Gasteiger partial charge in [0.15, 0.2) is 0 Å². The lowest BCUT2D eigenvalue weighted by atomic mass is 9.98. The zero-order chi connectivity index (χ0) is 13.1. The van der Waals surface area contributed by atoms with Crippen LogP contribution in [-0.4, -0.2) is 18.1 Å². The highest BCUT2D eigenvalue weighted by Crippen LogP contribution is 2.22. The summed E-state index contributed by atoms with van der Waals surface area (Å²) in [7, 11) is 0. The molecule has 0 amide bonds. The Bertz CT molecular complexity index is 399. The van der Waals surface area contributed by atoms with Crippen LogP contribution in [0, 0.1) is 5.82 Å². The van der Waals surface area contributed by atoms with Gasteiger partial charge < -0.3 is 10.5 Å². The highest BCUT2D eigenvalue weighted by molar-refractivity contribution is 5.78. The number of rotatable bonds is 3. The number of benzene rings is 1. The quantitative estimate of drug-likeness (QED) is 0.823. The van der Waals surface area contributed by atoms with Gasteiger partial charge in [0.2, 0.25) is 0 Å². The molecule has 0 heterocycles. The lowest BCUT2D eigenvalue weighted by molar-refractivity contribution is -0.156. The average molecular weight is 239 g/mol. The molecule has 17 heavy (non-hydrogen) atoms. The topological polar surface area (TPSA) is 52.3 Å². The fraction of sp³-hybridized carbons (Fsp3) is 0.462. The van der Waals surface area contributed by atoms with E-state index in [1.807, 2.05) is 0 Å². The highest BCUT2D eigenvalue weighted by atomic mass is 19.1. The van der Waals surface area contributed by atoms with Crippen molar-refractivity contribution in [2.75, 3.05) is 6.54 Å². The Balaban J connectivity index is 2.93. The fourth-order valence-corrected chi connectivity index (χ4v) is 1.48. The summed E-state index contributed by atoms with van der Waals surface area (Å²) in [4.78, 5) is 11.9. The average Bonchev–Trinajstić information content (AvgIpc) is 2.19. The molecule has 1 aromatic carbocycles. The van der Waals surface area contributed by atoms with E-state index >= 15 is 0 Å². The predicted molar refractivity (Wildman–Crippen MR) is 64.0 cm³/mol. The molecule has 1 atom stereocenters. The van der Waals surface area contributed by atoms with Gasteiger partial charge in [-0.05, 0) is 26.8 Å². The van der Waals surface area contributed by atoms with Crippen LogP contribution in [0.4, 0.5) is 4.39 Å². The van der Waals surface area contributed by atoms with Crippen molar-refractivity contribution in [1.29, 1.82) is 0 Å². The first kappa shape index (κ1) is 13.6. The molecule has 1 unspecified atom stereocenters. The monoisotopic (exact) mass is 239 g/mol. The SMILES string of the molecule is CC(C)(C)OC(=O)C(CN)c1ccccc1F. The molecule has 1 rings (SSSR count). The Morgan fingerprint density at radius 3 is 2.47 bits per heavy atom. The zero-order valence-electron chi connectivity index (χ0n) is 10.4. The van der Waals surface area contributed by atoms with E-state index in [0.717, 1.165) is 0 Å². The minimum Gasteiger partial charge on any atom is -0.459 e. The standard InChI is InChI=1S/C13H18FNO2/c1-13(2,3)17-12(16)10(8-15)9-6-4-5-7-11(9)14/h4-7,10H,8,15H2,1-3H3. The molecule has 0 saturated carbocycles. The van der Waals surface area contributed by atoms with Crippen LogP contribution >= 0.6 is 0 Å². The lowest BCUT2D eigenvalue weighted by Crippen LogP contribution is -2.31. The number of nitrogens with two attached hydrogens (primary N) is 1. The van der Waals surface area contributed by atoms with Crippen molar-refractivity contribution < 1.29 is 13.9 Å². The molecule has 0 radical (unpaired) electrons. The maximum Gasteiger partial charge on any atom is 0.315 e. The van der Waals surface area contributed by atoms with Crippen molar-refractivity contribution in [3.8, 4) is 0 Å². The van der Waals surface area contributed by atoms with Crippen LogP contribution in [-0.2, 0) is 9.53 Å². The fourth-order valence-electron chi connectivity index (χ4n) is 1.48. The molecule has 0 aromatic heterocycles. The van der Waals surface area contributed by atoms with Gasteiger partial charge in [-0.2, -0.15) is 0 Å². The van der Waals surface area contributed by atoms with Crippen LogP contribution in [0.5, 0.6) is 0 Å². The van der Waals surface area contributed by atoms with E-state index in [1.165, 1.54) is 6.07 Å². The third kappa shape index (κ3) is 3.82. The molecular weight excluding hydrogens is 221 g/mol. The third-order valence-electron chi connectivity index (χ3n) is 2.21. The molecule has 0 aliphatic rings. The van der Waals surface area contributed by atoms with Gasteiger partial charge in [0.1, 0.15) is 11.4 Å². The van der Waals surface area contributed by atoms with Crippen LogP contribution in [0.25, 0.3) is 0 Å². The Morgan fingerprint density at radius 2 is 2.00 bits per heavy atom. The summed E-state index contributed by atoms with van der Waals surface area (Å²) in [5, 5.41) is 0. The first-order valence-corrected chi connectivity index (χ1v) is 5.52. The van der Waals surface area contributed by atoms with Crippen LogP contribution < -0.4 is 5.73 Å².